The lowest BCUT2D eigenvalue weighted by Crippen LogP contribution is -2.29. The highest BCUT2D eigenvalue weighted by atomic mass is 16.5. The van der Waals surface area contributed by atoms with E-state index in [0.29, 0.717) is 13.0 Å². The van der Waals surface area contributed by atoms with Crippen LogP contribution in [0, 0.1) is 11.3 Å². The molecule has 0 aromatic heterocycles. The SMILES string of the molecule is CC[C@H](C(=O)OCC(C)(C)C)[C@H](C)O. The van der Waals surface area contributed by atoms with Crippen molar-refractivity contribution in [1.29, 1.82) is 0 Å². The van der Waals surface area contributed by atoms with Crippen LogP contribution in [0.25, 0.3) is 0 Å². The highest BCUT2D eigenvalue weighted by Gasteiger charge is 2.24. The summed E-state index contributed by atoms with van der Waals surface area (Å²) >= 11 is 0. The Kier molecular flexibility index (Phi) is 5.13. The van der Waals surface area contributed by atoms with E-state index in [2.05, 4.69) is 0 Å². The van der Waals surface area contributed by atoms with Crippen molar-refractivity contribution in [3.8, 4) is 0 Å². The normalized spacial score (nSPS) is 16.1. The average molecular weight is 202 g/mol. The zero-order valence-corrected chi connectivity index (χ0v) is 9.83. The summed E-state index contributed by atoms with van der Waals surface area (Å²) in [7, 11) is 0. The highest BCUT2D eigenvalue weighted by molar-refractivity contribution is 5.73. The second kappa shape index (κ2) is 5.35. The first-order chi connectivity index (χ1) is 6.28. The Balaban J connectivity index is 4.06. The van der Waals surface area contributed by atoms with Gasteiger partial charge in [-0.05, 0) is 18.8 Å². The first kappa shape index (κ1) is 13.4. The van der Waals surface area contributed by atoms with E-state index in [1.54, 1.807) is 6.92 Å². The molecule has 0 spiro atoms. The Labute approximate surface area is 86.5 Å². The fourth-order valence-electron chi connectivity index (χ4n) is 1.10. The van der Waals surface area contributed by atoms with Gasteiger partial charge < -0.3 is 9.84 Å². The van der Waals surface area contributed by atoms with Crippen molar-refractivity contribution in [3.63, 3.8) is 0 Å². The number of hydrogen-bond donors (Lipinski definition) is 1. The van der Waals surface area contributed by atoms with Crippen LogP contribution in [0.15, 0.2) is 0 Å². The van der Waals surface area contributed by atoms with Gasteiger partial charge in [0.05, 0.1) is 18.6 Å². The maximum atomic E-state index is 11.5. The van der Waals surface area contributed by atoms with Crippen LogP contribution in [0.1, 0.15) is 41.0 Å². The molecule has 0 bridgehead atoms. The van der Waals surface area contributed by atoms with Gasteiger partial charge in [-0.15, -0.1) is 0 Å². The molecule has 0 unspecified atom stereocenters. The fourth-order valence-corrected chi connectivity index (χ4v) is 1.10. The smallest absolute Gasteiger partial charge is 0.311 e. The van der Waals surface area contributed by atoms with E-state index in [4.69, 9.17) is 4.74 Å². The Morgan fingerprint density at radius 1 is 1.43 bits per heavy atom. The fraction of sp³-hybridized carbons (Fsp3) is 0.909. The Morgan fingerprint density at radius 3 is 2.21 bits per heavy atom. The number of carbonyl (C=O) groups is 1. The first-order valence-electron chi connectivity index (χ1n) is 5.12. The van der Waals surface area contributed by atoms with Crippen LogP contribution in [-0.2, 0) is 9.53 Å². The molecule has 0 fully saturated rings. The molecule has 0 saturated heterocycles. The minimum atomic E-state index is -0.632. The molecule has 0 rings (SSSR count). The summed E-state index contributed by atoms with van der Waals surface area (Å²) in [5, 5.41) is 9.31. The van der Waals surface area contributed by atoms with Crippen molar-refractivity contribution in [2.75, 3.05) is 6.61 Å². The summed E-state index contributed by atoms with van der Waals surface area (Å²) in [5.74, 6) is -0.685. The molecule has 0 aliphatic carbocycles. The van der Waals surface area contributed by atoms with Gasteiger partial charge in [0.1, 0.15) is 0 Å². The van der Waals surface area contributed by atoms with Gasteiger partial charge in [0.15, 0.2) is 0 Å². The van der Waals surface area contributed by atoms with Crippen molar-refractivity contribution in [1.82, 2.24) is 0 Å². The van der Waals surface area contributed by atoms with Crippen LogP contribution in [0.5, 0.6) is 0 Å². The molecule has 1 N–H and O–H groups in total. The van der Waals surface area contributed by atoms with Gasteiger partial charge >= 0.3 is 5.97 Å². The predicted octanol–water partition coefficient (Wildman–Crippen LogP) is 1.98. The molecule has 0 radical (unpaired) electrons. The Hall–Kier alpha value is -0.570. The third kappa shape index (κ3) is 5.22. The minimum Gasteiger partial charge on any atom is -0.465 e. The molecule has 0 aliphatic heterocycles. The van der Waals surface area contributed by atoms with Crippen LogP contribution >= 0.6 is 0 Å². The topological polar surface area (TPSA) is 46.5 Å². The number of carbonyl (C=O) groups excluding carboxylic acids is 1. The molecule has 0 aromatic rings. The number of aliphatic hydroxyl groups excluding tert-OH is 1. The summed E-state index contributed by atoms with van der Waals surface area (Å²) in [4.78, 5) is 11.5. The van der Waals surface area contributed by atoms with Gasteiger partial charge in [0.2, 0.25) is 0 Å². The van der Waals surface area contributed by atoms with Crippen LogP contribution in [0.2, 0.25) is 0 Å². The second-order valence-electron chi connectivity index (χ2n) is 4.92. The van der Waals surface area contributed by atoms with Gasteiger partial charge in [-0.1, -0.05) is 27.7 Å². The summed E-state index contributed by atoms with van der Waals surface area (Å²) in [6.45, 7) is 9.90. The van der Waals surface area contributed by atoms with Crippen molar-refractivity contribution >= 4 is 5.97 Å². The van der Waals surface area contributed by atoms with Crippen molar-refractivity contribution in [2.24, 2.45) is 11.3 Å². The van der Waals surface area contributed by atoms with Crippen LogP contribution in [-0.4, -0.2) is 23.8 Å². The lowest BCUT2D eigenvalue weighted by Gasteiger charge is -2.21. The van der Waals surface area contributed by atoms with E-state index >= 15 is 0 Å². The molecule has 3 nitrogen and oxygen atoms in total. The first-order valence-corrected chi connectivity index (χ1v) is 5.12. The summed E-state index contributed by atoms with van der Waals surface area (Å²) in [5.41, 5.74) is -0.0212. The zero-order chi connectivity index (χ0) is 11.4. The molecule has 0 amide bonds. The molecular weight excluding hydrogens is 180 g/mol. The van der Waals surface area contributed by atoms with Crippen LogP contribution in [0.3, 0.4) is 0 Å². The molecular formula is C11H22O3. The average Bonchev–Trinajstić information content (AvgIpc) is 2.00. The summed E-state index contributed by atoms with van der Waals surface area (Å²) in [6.07, 6.45) is -0.0202. The molecule has 0 heterocycles. The monoisotopic (exact) mass is 202 g/mol. The molecule has 0 aromatic carbocycles. The van der Waals surface area contributed by atoms with Gasteiger partial charge in [0, 0.05) is 0 Å². The van der Waals surface area contributed by atoms with Gasteiger partial charge in [-0.25, -0.2) is 0 Å². The molecule has 14 heavy (non-hydrogen) atoms. The number of ether oxygens (including phenoxy) is 1. The van der Waals surface area contributed by atoms with Crippen molar-refractivity contribution < 1.29 is 14.6 Å². The summed E-state index contributed by atoms with van der Waals surface area (Å²) in [6, 6.07) is 0. The largest absolute Gasteiger partial charge is 0.465 e. The van der Waals surface area contributed by atoms with Gasteiger partial charge in [-0.3, -0.25) is 4.79 Å². The maximum absolute atomic E-state index is 11.5. The van der Waals surface area contributed by atoms with Gasteiger partial charge in [0.25, 0.3) is 0 Å². The number of aliphatic hydroxyl groups is 1. The third-order valence-corrected chi connectivity index (χ3v) is 1.97. The van der Waals surface area contributed by atoms with Crippen molar-refractivity contribution in [2.45, 2.75) is 47.1 Å². The lowest BCUT2D eigenvalue weighted by molar-refractivity contribution is -0.155. The van der Waals surface area contributed by atoms with E-state index in [-0.39, 0.29) is 11.4 Å². The molecule has 2 atom stereocenters. The van der Waals surface area contributed by atoms with Crippen LogP contribution in [0.4, 0.5) is 0 Å². The van der Waals surface area contributed by atoms with Gasteiger partial charge in [-0.2, -0.15) is 0 Å². The maximum Gasteiger partial charge on any atom is 0.311 e. The molecule has 3 heteroatoms. The lowest BCUT2D eigenvalue weighted by atomic mass is 9.98. The number of rotatable bonds is 4. The van der Waals surface area contributed by atoms with Crippen molar-refractivity contribution in [3.05, 3.63) is 0 Å². The van der Waals surface area contributed by atoms with Crippen LogP contribution < -0.4 is 0 Å². The second-order valence-corrected chi connectivity index (χ2v) is 4.92. The van der Waals surface area contributed by atoms with E-state index in [1.165, 1.54) is 0 Å². The van der Waals surface area contributed by atoms with E-state index in [1.807, 2.05) is 27.7 Å². The summed E-state index contributed by atoms with van der Waals surface area (Å²) < 4.78 is 5.12. The Bertz CT molecular complexity index is 179. The quantitative estimate of drug-likeness (QED) is 0.709. The molecule has 0 aliphatic rings. The standard InChI is InChI=1S/C11H22O3/c1-6-9(8(2)12)10(13)14-7-11(3,4)5/h8-9,12H,6-7H2,1-5H3/t8-,9-/m0/s1. The number of esters is 1. The minimum absolute atomic E-state index is 0.0212. The molecule has 0 saturated carbocycles. The van der Waals surface area contributed by atoms with E-state index < -0.39 is 12.0 Å². The van der Waals surface area contributed by atoms with E-state index in [0.717, 1.165) is 0 Å². The van der Waals surface area contributed by atoms with E-state index in [9.17, 15) is 9.90 Å². The Morgan fingerprint density at radius 2 is 1.93 bits per heavy atom. The highest BCUT2D eigenvalue weighted by Crippen LogP contribution is 2.16. The zero-order valence-electron chi connectivity index (χ0n) is 9.83. The molecule has 84 valence electrons. The third-order valence-electron chi connectivity index (χ3n) is 1.97. The number of hydrogen-bond acceptors (Lipinski definition) is 3. The predicted molar refractivity (Wildman–Crippen MR) is 55.9 cm³/mol.